The first-order valence-electron chi connectivity index (χ1n) is 10.5. The molecule has 0 aliphatic carbocycles. The van der Waals surface area contributed by atoms with Gasteiger partial charge in [-0.05, 0) is 60.2 Å². The summed E-state index contributed by atoms with van der Waals surface area (Å²) in [6, 6.07) is 16.0. The molecule has 6 heteroatoms. The summed E-state index contributed by atoms with van der Waals surface area (Å²) in [4.78, 5) is 18.1. The molecule has 3 aromatic rings. The predicted molar refractivity (Wildman–Crippen MR) is 127 cm³/mol. The number of amides is 1. The van der Waals surface area contributed by atoms with Crippen LogP contribution in [0.5, 0.6) is 5.75 Å². The molecule has 0 bridgehead atoms. The smallest absolute Gasteiger partial charge is 0.264 e. The lowest BCUT2D eigenvalue weighted by molar-refractivity contribution is 0.0633. The molecule has 1 amide bonds. The van der Waals surface area contributed by atoms with Crippen molar-refractivity contribution in [3.05, 3.63) is 86.1 Å². The number of hydrogen-bond acceptors (Lipinski definition) is 4. The SMILES string of the molecule is Cc1cccc(OCc2csc(C(=O)N3CCN(Cc4ccc(Cl)cc4)CC3)c2)c1C. The van der Waals surface area contributed by atoms with Gasteiger partial charge in [0.25, 0.3) is 5.91 Å². The molecule has 1 aliphatic rings. The van der Waals surface area contributed by atoms with Crippen LogP contribution in [0.15, 0.2) is 53.9 Å². The number of hydrogen-bond donors (Lipinski definition) is 0. The Labute approximate surface area is 193 Å². The van der Waals surface area contributed by atoms with E-state index in [1.807, 2.05) is 40.6 Å². The molecule has 0 atom stereocenters. The van der Waals surface area contributed by atoms with Crippen molar-refractivity contribution >= 4 is 28.8 Å². The fourth-order valence-electron chi connectivity index (χ4n) is 3.72. The van der Waals surface area contributed by atoms with Gasteiger partial charge in [0, 0.05) is 43.3 Å². The Hall–Kier alpha value is -2.34. The summed E-state index contributed by atoms with van der Waals surface area (Å²) in [6.45, 7) is 8.77. The van der Waals surface area contributed by atoms with Crippen LogP contribution in [0.3, 0.4) is 0 Å². The molecule has 1 saturated heterocycles. The Morgan fingerprint density at radius 3 is 2.52 bits per heavy atom. The predicted octanol–water partition coefficient (Wildman–Crippen LogP) is 5.56. The topological polar surface area (TPSA) is 32.8 Å². The highest BCUT2D eigenvalue weighted by Gasteiger charge is 2.23. The largest absolute Gasteiger partial charge is 0.489 e. The number of benzene rings is 2. The third-order valence-corrected chi connectivity index (χ3v) is 7.01. The first-order valence-corrected chi connectivity index (χ1v) is 11.8. The van der Waals surface area contributed by atoms with Crippen LogP contribution in [-0.2, 0) is 13.2 Å². The average molecular weight is 455 g/mol. The minimum Gasteiger partial charge on any atom is -0.489 e. The highest BCUT2D eigenvalue weighted by atomic mass is 35.5. The van der Waals surface area contributed by atoms with Gasteiger partial charge in [-0.15, -0.1) is 11.3 Å². The number of rotatable bonds is 6. The maximum Gasteiger partial charge on any atom is 0.264 e. The Morgan fingerprint density at radius 2 is 1.77 bits per heavy atom. The molecule has 2 aromatic carbocycles. The third kappa shape index (κ3) is 5.48. The van der Waals surface area contributed by atoms with Gasteiger partial charge in [0.1, 0.15) is 12.4 Å². The lowest BCUT2D eigenvalue weighted by Crippen LogP contribution is -2.48. The first-order chi connectivity index (χ1) is 15.0. The van der Waals surface area contributed by atoms with Crippen molar-refractivity contribution in [3.8, 4) is 5.75 Å². The van der Waals surface area contributed by atoms with Crippen molar-refractivity contribution in [2.45, 2.75) is 27.0 Å². The molecule has 0 spiro atoms. The maximum absolute atomic E-state index is 13.0. The number of thiophene rings is 1. The summed E-state index contributed by atoms with van der Waals surface area (Å²) in [5.74, 6) is 1.02. The van der Waals surface area contributed by atoms with Crippen molar-refractivity contribution in [1.82, 2.24) is 9.80 Å². The fraction of sp³-hybridized carbons (Fsp3) is 0.320. The molecule has 0 N–H and O–H groups in total. The van der Waals surface area contributed by atoms with E-state index < -0.39 is 0 Å². The summed E-state index contributed by atoms with van der Waals surface area (Å²) in [5.41, 5.74) is 4.66. The van der Waals surface area contributed by atoms with E-state index in [4.69, 9.17) is 16.3 Å². The molecule has 31 heavy (non-hydrogen) atoms. The third-order valence-electron chi connectivity index (χ3n) is 5.79. The number of piperazine rings is 1. The number of aryl methyl sites for hydroxylation is 1. The van der Waals surface area contributed by atoms with Crippen LogP contribution in [0.25, 0.3) is 0 Å². The van der Waals surface area contributed by atoms with Gasteiger partial charge in [0.2, 0.25) is 0 Å². The molecule has 0 unspecified atom stereocenters. The minimum atomic E-state index is 0.120. The Balaban J connectivity index is 1.29. The zero-order valence-electron chi connectivity index (χ0n) is 17.9. The van der Waals surface area contributed by atoms with Crippen molar-refractivity contribution < 1.29 is 9.53 Å². The van der Waals surface area contributed by atoms with Crippen LogP contribution in [0.4, 0.5) is 0 Å². The van der Waals surface area contributed by atoms with Crippen molar-refractivity contribution in [2.24, 2.45) is 0 Å². The van der Waals surface area contributed by atoms with Gasteiger partial charge in [0.05, 0.1) is 4.88 Å². The van der Waals surface area contributed by atoms with E-state index in [0.29, 0.717) is 6.61 Å². The molecule has 0 saturated carbocycles. The van der Waals surface area contributed by atoms with E-state index >= 15 is 0 Å². The first kappa shape index (κ1) is 21.9. The van der Waals surface area contributed by atoms with E-state index in [1.54, 1.807) is 0 Å². The quantitative estimate of drug-likeness (QED) is 0.489. The number of nitrogens with zero attached hydrogens (tertiary/aromatic N) is 2. The molecule has 1 aliphatic heterocycles. The summed E-state index contributed by atoms with van der Waals surface area (Å²) in [6.07, 6.45) is 0. The molecular formula is C25H27ClN2O2S. The lowest BCUT2D eigenvalue weighted by Gasteiger charge is -2.34. The zero-order valence-corrected chi connectivity index (χ0v) is 19.5. The second kappa shape index (κ2) is 9.86. The molecule has 1 fully saturated rings. The van der Waals surface area contributed by atoms with Crippen LogP contribution in [-0.4, -0.2) is 41.9 Å². The van der Waals surface area contributed by atoms with Crippen LogP contribution in [0.1, 0.15) is 31.9 Å². The standard InChI is InChI=1S/C25H27ClN2O2S/c1-18-4-3-5-23(19(18)2)30-16-21-14-24(31-17-21)25(29)28-12-10-27(11-13-28)15-20-6-8-22(26)9-7-20/h3-9,14,17H,10-13,15-16H2,1-2H3. The zero-order chi connectivity index (χ0) is 21.8. The second-order valence-corrected chi connectivity index (χ2v) is 9.35. The van der Waals surface area contributed by atoms with Gasteiger partial charge < -0.3 is 9.64 Å². The highest BCUT2D eigenvalue weighted by molar-refractivity contribution is 7.12. The maximum atomic E-state index is 13.0. The number of halogens is 1. The molecule has 1 aromatic heterocycles. The second-order valence-electron chi connectivity index (χ2n) is 8.00. The normalized spacial score (nSPS) is 14.6. The van der Waals surface area contributed by atoms with E-state index in [2.05, 4.69) is 36.9 Å². The van der Waals surface area contributed by atoms with E-state index in [1.165, 1.54) is 22.5 Å². The van der Waals surface area contributed by atoms with E-state index in [0.717, 1.165) is 59.5 Å². The molecular weight excluding hydrogens is 428 g/mol. The van der Waals surface area contributed by atoms with Crippen LogP contribution >= 0.6 is 22.9 Å². The summed E-state index contributed by atoms with van der Waals surface area (Å²) >= 11 is 7.47. The lowest BCUT2D eigenvalue weighted by atomic mass is 10.1. The number of carbonyl (C=O) groups excluding carboxylic acids is 1. The molecule has 162 valence electrons. The number of carbonyl (C=O) groups is 1. The van der Waals surface area contributed by atoms with Gasteiger partial charge in [-0.25, -0.2) is 0 Å². The molecule has 4 nitrogen and oxygen atoms in total. The van der Waals surface area contributed by atoms with Crippen molar-refractivity contribution in [2.75, 3.05) is 26.2 Å². The van der Waals surface area contributed by atoms with E-state index in [9.17, 15) is 4.79 Å². The minimum absolute atomic E-state index is 0.120. The van der Waals surface area contributed by atoms with Gasteiger partial charge >= 0.3 is 0 Å². The van der Waals surface area contributed by atoms with Crippen LogP contribution < -0.4 is 4.74 Å². The van der Waals surface area contributed by atoms with Gasteiger partial charge in [-0.3, -0.25) is 9.69 Å². The van der Waals surface area contributed by atoms with E-state index in [-0.39, 0.29) is 5.91 Å². The Morgan fingerprint density at radius 1 is 1.03 bits per heavy atom. The molecule has 0 radical (unpaired) electrons. The van der Waals surface area contributed by atoms with Gasteiger partial charge in [0.15, 0.2) is 0 Å². The van der Waals surface area contributed by atoms with Gasteiger partial charge in [-0.1, -0.05) is 35.9 Å². The van der Waals surface area contributed by atoms with Crippen molar-refractivity contribution in [1.29, 1.82) is 0 Å². The van der Waals surface area contributed by atoms with Crippen molar-refractivity contribution in [3.63, 3.8) is 0 Å². The summed E-state index contributed by atoms with van der Waals surface area (Å²) < 4.78 is 5.99. The molecule has 2 heterocycles. The fourth-order valence-corrected chi connectivity index (χ4v) is 4.71. The van der Waals surface area contributed by atoms with Gasteiger partial charge in [-0.2, -0.15) is 0 Å². The Kier molecular flexibility index (Phi) is 6.96. The van der Waals surface area contributed by atoms with Crippen LogP contribution in [0, 0.1) is 13.8 Å². The molecule has 4 rings (SSSR count). The average Bonchev–Trinajstić information content (AvgIpc) is 3.25. The highest BCUT2D eigenvalue weighted by Crippen LogP contribution is 2.24. The monoisotopic (exact) mass is 454 g/mol. The Bertz CT molecular complexity index is 1040. The number of ether oxygens (including phenoxy) is 1. The summed E-state index contributed by atoms with van der Waals surface area (Å²) in [5, 5.41) is 2.78. The van der Waals surface area contributed by atoms with Crippen LogP contribution in [0.2, 0.25) is 5.02 Å². The summed E-state index contributed by atoms with van der Waals surface area (Å²) in [7, 11) is 0.